The quantitative estimate of drug-likeness (QED) is 0.648. The van der Waals surface area contributed by atoms with Crippen molar-refractivity contribution in [2.75, 3.05) is 0 Å². The van der Waals surface area contributed by atoms with Crippen molar-refractivity contribution in [1.29, 1.82) is 0 Å². The maximum absolute atomic E-state index is 12.8. The molecular formula is C14H11FN2O4S. The number of benzene rings is 2. The van der Waals surface area contributed by atoms with Crippen molar-refractivity contribution < 1.29 is 22.7 Å². The van der Waals surface area contributed by atoms with Crippen LogP contribution in [0.15, 0.2) is 58.5 Å². The van der Waals surface area contributed by atoms with Crippen LogP contribution in [0, 0.1) is 5.82 Å². The van der Waals surface area contributed by atoms with E-state index in [0.29, 0.717) is 5.56 Å². The Hall–Kier alpha value is -2.74. The smallest absolute Gasteiger partial charge is 0.335 e. The van der Waals surface area contributed by atoms with Gasteiger partial charge in [-0.1, -0.05) is 12.1 Å². The SMILES string of the molecule is O=C(O)c1ccc(/C=N/NS(=O)(=O)c2ccc(F)cc2)cc1. The maximum atomic E-state index is 12.8. The van der Waals surface area contributed by atoms with Crippen molar-refractivity contribution in [2.45, 2.75) is 4.90 Å². The second kappa shape index (κ2) is 6.35. The van der Waals surface area contributed by atoms with E-state index < -0.39 is 21.8 Å². The molecule has 0 unspecified atom stereocenters. The number of nitrogens with zero attached hydrogens (tertiary/aromatic N) is 1. The maximum Gasteiger partial charge on any atom is 0.335 e. The van der Waals surface area contributed by atoms with Crippen molar-refractivity contribution in [2.24, 2.45) is 5.10 Å². The summed E-state index contributed by atoms with van der Waals surface area (Å²) in [5, 5.41) is 12.3. The second-order valence-electron chi connectivity index (χ2n) is 4.23. The summed E-state index contributed by atoms with van der Waals surface area (Å²) < 4.78 is 36.5. The summed E-state index contributed by atoms with van der Waals surface area (Å²) in [6, 6.07) is 10.0. The van der Waals surface area contributed by atoms with Crippen LogP contribution in [-0.4, -0.2) is 25.7 Å². The van der Waals surface area contributed by atoms with Crippen LogP contribution in [0.3, 0.4) is 0 Å². The summed E-state index contributed by atoms with van der Waals surface area (Å²) in [4.78, 5) is 12.6. The number of hydrazone groups is 1. The van der Waals surface area contributed by atoms with Crippen molar-refractivity contribution in [3.05, 3.63) is 65.5 Å². The molecule has 8 heteroatoms. The van der Waals surface area contributed by atoms with Crippen molar-refractivity contribution >= 4 is 22.2 Å². The highest BCUT2D eigenvalue weighted by atomic mass is 32.2. The van der Waals surface area contributed by atoms with E-state index in [0.717, 1.165) is 24.3 Å². The van der Waals surface area contributed by atoms with E-state index in [4.69, 9.17) is 5.11 Å². The van der Waals surface area contributed by atoms with Crippen LogP contribution in [0.5, 0.6) is 0 Å². The van der Waals surface area contributed by atoms with Crippen molar-refractivity contribution in [1.82, 2.24) is 4.83 Å². The molecule has 2 aromatic carbocycles. The lowest BCUT2D eigenvalue weighted by Gasteiger charge is -2.02. The molecule has 0 bridgehead atoms. The van der Waals surface area contributed by atoms with Gasteiger partial charge in [0.2, 0.25) is 0 Å². The highest BCUT2D eigenvalue weighted by Crippen LogP contribution is 2.09. The van der Waals surface area contributed by atoms with Crippen LogP contribution in [-0.2, 0) is 10.0 Å². The van der Waals surface area contributed by atoms with E-state index in [1.165, 1.54) is 30.5 Å². The topological polar surface area (TPSA) is 95.8 Å². The van der Waals surface area contributed by atoms with Crippen LogP contribution in [0.1, 0.15) is 15.9 Å². The van der Waals surface area contributed by atoms with Gasteiger partial charge in [-0.25, -0.2) is 14.0 Å². The molecule has 0 aliphatic carbocycles. The molecular weight excluding hydrogens is 311 g/mol. The molecule has 0 saturated carbocycles. The standard InChI is InChI=1S/C14H11FN2O4S/c15-12-5-7-13(8-6-12)22(20,21)17-16-9-10-1-3-11(4-2-10)14(18)19/h1-9,17H,(H,18,19)/b16-9+. The van der Waals surface area contributed by atoms with Crippen LogP contribution in [0.4, 0.5) is 4.39 Å². The number of aromatic carboxylic acids is 1. The van der Waals surface area contributed by atoms with E-state index in [-0.39, 0.29) is 10.5 Å². The Labute approximate surface area is 126 Å². The van der Waals surface area contributed by atoms with Crippen LogP contribution < -0.4 is 4.83 Å². The minimum atomic E-state index is -3.88. The molecule has 0 atom stereocenters. The van der Waals surface area contributed by atoms with Gasteiger partial charge in [-0.2, -0.15) is 13.5 Å². The number of hydrogen-bond acceptors (Lipinski definition) is 4. The molecule has 0 spiro atoms. The van der Waals surface area contributed by atoms with E-state index in [2.05, 4.69) is 5.10 Å². The minimum Gasteiger partial charge on any atom is -0.478 e. The number of halogens is 1. The summed E-state index contributed by atoms with van der Waals surface area (Å²) >= 11 is 0. The van der Waals surface area contributed by atoms with Gasteiger partial charge in [0.1, 0.15) is 5.82 Å². The zero-order valence-corrected chi connectivity index (χ0v) is 11.9. The van der Waals surface area contributed by atoms with Crippen molar-refractivity contribution in [3.8, 4) is 0 Å². The minimum absolute atomic E-state index is 0.115. The summed E-state index contributed by atoms with van der Waals surface area (Å²) in [6.45, 7) is 0. The Morgan fingerprint density at radius 2 is 1.68 bits per heavy atom. The summed E-state index contributed by atoms with van der Waals surface area (Å²) in [6.07, 6.45) is 1.23. The molecule has 114 valence electrons. The molecule has 2 N–H and O–H groups in total. The highest BCUT2D eigenvalue weighted by Gasteiger charge is 2.12. The lowest BCUT2D eigenvalue weighted by molar-refractivity contribution is 0.0697. The fourth-order valence-corrected chi connectivity index (χ4v) is 2.34. The largest absolute Gasteiger partial charge is 0.478 e. The number of rotatable bonds is 5. The molecule has 0 amide bonds. The molecule has 0 aliphatic rings. The molecule has 0 aromatic heterocycles. The number of carbonyl (C=O) groups is 1. The van der Waals surface area contributed by atoms with Gasteiger partial charge in [0, 0.05) is 0 Å². The fourth-order valence-electron chi connectivity index (χ4n) is 1.55. The lowest BCUT2D eigenvalue weighted by atomic mass is 10.1. The summed E-state index contributed by atoms with van der Waals surface area (Å²) in [5.74, 6) is -1.60. The number of sulfonamides is 1. The third kappa shape index (κ3) is 3.89. The highest BCUT2D eigenvalue weighted by molar-refractivity contribution is 7.89. The molecule has 0 heterocycles. The van der Waals surface area contributed by atoms with Gasteiger partial charge in [0.15, 0.2) is 0 Å². The zero-order valence-electron chi connectivity index (χ0n) is 11.1. The average molecular weight is 322 g/mol. The normalized spacial score (nSPS) is 11.5. The number of nitrogens with one attached hydrogen (secondary N) is 1. The predicted molar refractivity (Wildman–Crippen MR) is 77.7 cm³/mol. The first-order chi connectivity index (χ1) is 10.4. The Balaban J connectivity index is 2.08. The molecule has 0 radical (unpaired) electrons. The molecule has 22 heavy (non-hydrogen) atoms. The summed E-state index contributed by atoms with van der Waals surface area (Å²) in [7, 11) is -3.88. The Bertz CT molecular complexity index is 800. The Kier molecular flexibility index (Phi) is 4.52. The first-order valence-corrected chi connectivity index (χ1v) is 7.50. The molecule has 6 nitrogen and oxygen atoms in total. The monoisotopic (exact) mass is 322 g/mol. The van der Waals surface area contributed by atoms with Gasteiger partial charge in [-0.15, -0.1) is 0 Å². The first-order valence-electron chi connectivity index (χ1n) is 6.02. The lowest BCUT2D eigenvalue weighted by Crippen LogP contribution is -2.18. The van der Waals surface area contributed by atoms with Gasteiger partial charge < -0.3 is 5.11 Å². The second-order valence-corrected chi connectivity index (χ2v) is 5.89. The molecule has 0 fully saturated rings. The molecule has 2 rings (SSSR count). The molecule has 0 aliphatic heterocycles. The average Bonchev–Trinajstić information content (AvgIpc) is 2.48. The van der Waals surface area contributed by atoms with Crippen LogP contribution in [0.2, 0.25) is 0 Å². The van der Waals surface area contributed by atoms with Crippen LogP contribution >= 0.6 is 0 Å². The Morgan fingerprint density at radius 3 is 2.23 bits per heavy atom. The van der Waals surface area contributed by atoms with Gasteiger partial charge in [0.25, 0.3) is 10.0 Å². The van der Waals surface area contributed by atoms with Gasteiger partial charge in [0.05, 0.1) is 16.7 Å². The zero-order chi connectivity index (χ0) is 16.2. The van der Waals surface area contributed by atoms with Crippen molar-refractivity contribution in [3.63, 3.8) is 0 Å². The molecule has 0 saturated heterocycles. The third-order valence-electron chi connectivity index (χ3n) is 2.67. The third-order valence-corrected chi connectivity index (χ3v) is 3.91. The van der Waals surface area contributed by atoms with E-state index >= 15 is 0 Å². The van der Waals surface area contributed by atoms with Gasteiger partial charge in [-0.3, -0.25) is 0 Å². The van der Waals surface area contributed by atoms with Crippen LogP contribution in [0.25, 0.3) is 0 Å². The van der Waals surface area contributed by atoms with E-state index in [9.17, 15) is 17.6 Å². The number of carboxylic acid groups (broad SMARTS) is 1. The number of carboxylic acids is 1. The van der Waals surface area contributed by atoms with Gasteiger partial charge >= 0.3 is 5.97 Å². The number of hydrogen-bond donors (Lipinski definition) is 2. The van der Waals surface area contributed by atoms with Gasteiger partial charge in [-0.05, 0) is 42.0 Å². The first kappa shape index (κ1) is 15.6. The molecule has 2 aromatic rings. The van der Waals surface area contributed by atoms with E-state index in [1.807, 2.05) is 4.83 Å². The van der Waals surface area contributed by atoms with E-state index in [1.54, 1.807) is 0 Å². The predicted octanol–water partition coefficient (Wildman–Crippen LogP) is 1.84. The fraction of sp³-hybridized carbons (Fsp3) is 0. The Morgan fingerprint density at radius 1 is 1.09 bits per heavy atom. The summed E-state index contributed by atoms with van der Waals surface area (Å²) in [5.41, 5.74) is 0.635.